The minimum atomic E-state index is -0.866. The molecule has 0 aliphatic carbocycles. The number of nitrogens with two attached hydrogens (primary N) is 7. The molecule has 33 heteroatoms. The van der Waals surface area contributed by atoms with Gasteiger partial charge < -0.3 is 98.6 Å². The van der Waals surface area contributed by atoms with Crippen LogP contribution in [0.15, 0.2) is 30.1 Å². The summed E-state index contributed by atoms with van der Waals surface area (Å²) in [7, 11) is 21.9. The van der Waals surface area contributed by atoms with E-state index in [9.17, 15) is 10.1 Å². The second-order valence-electron chi connectivity index (χ2n) is 12.2. The van der Waals surface area contributed by atoms with E-state index in [1.165, 1.54) is 7.11 Å². The summed E-state index contributed by atoms with van der Waals surface area (Å²) >= 11 is 0. The van der Waals surface area contributed by atoms with Crippen molar-refractivity contribution < 1.29 is 38.2 Å². The number of guanidine groups is 7. The smallest absolute Gasteiger partial charge is 0.266 e. The molecule has 0 spiro atoms. The summed E-state index contributed by atoms with van der Waals surface area (Å²) in [6.07, 6.45) is 3.46. The van der Waals surface area contributed by atoms with Crippen LogP contribution in [0.25, 0.3) is 0 Å². The molecule has 0 aromatic heterocycles. The fraction of sp³-hybridized carbons (Fsp3) is 0.750. The van der Waals surface area contributed by atoms with Crippen molar-refractivity contribution in [2.24, 2.45) is 70.2 Å². The van der Waals surface area contributed by atoms with E-state index in [1.54, 1.807) is 77.6 Å². The first-order valence-corrected chi connectivity index (χ1v) is 20.1. The monoisotopic (exact) mass is 999 g/mol. The van der Waals surface area contributed by atoms with Crippen LogP contribution in [0.2, 0.25) is 0 Å². The van der Waals surface area contributed by atoms with Crippen LogP contribution >= 0.6 is 0 Å². The summed E-state index contributed by atoms with van der Waals surface area (Å²) in [6, 6.07) is 0. The number of aliphatic imine (C=N–C) groups is 5. The van der Waals surface area contributed by atoms with E-state index >= 15 is 0 Å². The van der Waals surface area contributed by atoms with Crippen molar-refractivity contribution in [1.82, 2.24) is 36.0 Å². The van der Waals surface area contributed by atoms with Crippen molar-refractivity contribution in [3.63, 3.8) is 0 Å². The van der Waals surface area contributed by atoms with Gasteiger partial charge in [0.05, 0.1) is 72.4 Å². The van der Waals surface area contributed by atoms with E-state index in [-0.39, 0.29) is 23.8 Å². The number of hydrazone groups is 1. The van der Waals surface area contributed by atoms with Gasteiger partial charge in [-0.2, -0.15) is 10.5 Å². The zero-order valence-electron chi connectivity index (χ0n) is 43.0. The number of nitriles is 2. The Kier molecular flexibility index (Phi) is 69.7. The Balaban J connectivity index is -0.000000130. The van der Waals surface area contributed by atoms with E-state index in [0.717, 1.165) is 0 Å². The molecule has 0 aliphatic rings. The Labute approximate surface area is 408 Å². The van der Waals surface area contributed by atoms with Gasteiger partial charge in [-0.1, -0.05) is 0 Å². The fourth-order valence-corrected chi connectivity index (χ4v) is 2.71. The van der Waals surface area contributed by atoms with E-state index in [0.29, 0.717) is 110 Å². The van der Waals surface area contributed by atoms with Crippen LogP contribution in [0.1, 0.15) is 0 Å². The maximum Gasteiger partial charge on any atom is 0.266 e. The molecule has 404 valence electrons. The second-order valence-corrected chi connectivity index (χ2v) is 12.2. The van der Waals surface area contributed by atoms with Crippen molar-refractivity contribution in [2.75, 3.05) is 184 Å². The quantitative estimate of drug-likeness (QED) is 0.00915. The van der Waals surface area contributed by atoms with Crippen molar-refractivity contribution in [1.29, 1.82) is 15.9 Å². The third-order valence-corrected chi connectivity index (χ3v) is 6.22. The van der Waals surface area contributed by atoms with E-state index in [1.807, 2.05) is 34.4 Å². The summed E-state index contributed by atoms with van der Waals surface area (Å²) in [6.45, 7) is 7.91. The summed E-state index contributed by atoms with van der Waals surface area (Å²) in [5, 5.41) is 44.9. The topological polar surface area (TPSA) is 493 Å². The molecule has 0 aromatic rings. The zero-order valence-corrected chi connectivity index (χ0v) is 43.0. The highest BCUT2D eigenvalue weighted by Gasteiger charge is 1.99. The lowest BCUT2D eigenvalue weighted by atomic mass is 10.6. The Morgan fingerprint density at radius 1 is 0.594 bits per heavy atom. The first-order valence-electron chi connectivity index (χ1n) is 20.1. The lowest BCUT2D eigenvalue weighted by Gasteiger charge is -2.14. The van der Waals surface area contributed by atoms with Crippen molar-refractivity contribution in [3.8, 4) is 12.4 Å². The second kappa shape index (κ2) is 63.1. The molecule has 0 aliphatic heterocycles. The van der Waals surface area contributed by atoms with Crippen molar-refractivity contribution in [3.05, 3.63) is 10.1 Å². The van der Waals surface area contributed by atoms with Gasteiger partial charge in [-0.3, -0.25) is 36.0 Å². The highest BCUT2D eigenvalue weighted by atomic mass is 16.7. The van der Waals surface area contributed by atoms with Crippen LogP contribution in [-0.4, -0.2) is 246 Å². The number of hydrogen-bond donors (Lipinski definition) is 12. The molecule has 0 amide bonds. The lowest BCUT2D eigenvalue weighted by molar-refractivity contribution is -0.485. The van der Waals surface area contributed by atoms with Crippen LogP contribution in [0.4, 0.5) is 0 Å². The van der Waals surface area contributed by atoms with Gasteiger partial charge in [0, 0.05) is 112 Å². The van der Waals surface area contributed by atoms with Crippen LogP contribution in [-0.2, 0) is 33.2 Å². The lowest BCUT2D eigenvalue weighted by Crippen LogP contribution is -2.35. The van der Waals surface area contributed by atoms with Crippen molar-refractivity contribution in [2.45, 2.75) is 0 Å². The zero-order chi connectivity index (χ0) is 54.7. The molecule has 69 heavy (non-hydrogen) atoms. The Hall–Kier alpha value is -7.01. The summed E-state index contributed by atoms with van der Waals surface area (Å²) in [5.41, 5.74) is 36.2. The molecular formula is C36H86N24O9. The van der Waals surface area contributed by atoms with Gasteiger partial charge in [0.15, 0.2) is 41.3 Å². The number of ether oxygens (including phenoxy) is 7. The molecule has 0 unspecified atom stereocenters. The minimum absolute atomic E-state index is 0.0760. The predicted molar refractivity (Wildman–Crippen MR) is 271 cm³/mol. The normalized spacial score (nSPS) is 10.6. The maximum absolute atomic E-state index is 9.71. The largest absolute Gasteiger partial charge is 0.383 e. The van der Waals surface area contributed by atoms with Crippen LogP contribution in [0.3, 0.4) is 0 Å². The molecule has 0 aromatic carbocycles. The molecule has 0 saturated heterocycles. The number of nitro groups is 1. The van der Waals surface area contributed by atoms with E-state index in [4.69, 9.17) is 79.8 Å². The van der Waals surface area contributed by atoms with Crippen molar-refractivity contribution >= 4 is 41.7 Å². The number of nitrogens with one attached hydrogen (secondary N) is 5. The molecule has 0 bridgehead atoms. The molecule has 33 nitrogen and oxygen atoms in total. The highest BCUT2D eigenvalue weighted by Crippen LogP contribution is 1.81. The molecule has 0 heterocycles. The van der Waals surface area contributed by atoms with Gasteiger partial charge in [-0.25, -0.2) is 15.1 Å². The Bertz CT molecular complexity index is 1450. The Morgan fingerprint density at radius 2 is 1.00 bits per heavy atom. The number of likely N-dealkylation sites (N-methyl/N-ethyl adjacent to an activating group) is 1. The van der Waals surface area contributed by atoms with Gasteiger partial charge >= 0.3 is 0 Å². The average molecular weight is 999 g/mol. The third kappa shape index (κ3) is 81.6. The first-order chi connectivity index (χ1) is 32.6. The maximum atomic E-state index is 9.71. The third-order valence-electron chi connectivity index (χ3n) is 6.22. The standard InChI is InChI=1S/C7H14N4O.C6H15N3O.C5H10N4O.2C5H13N3O.C4H10N4O3.C4H11N3O/c1-11(2)7(10-6-8)9-4-5-12-3;1-9(2)6(7)8-4-5-10-3;1-10-3-2-8-5(7)9-4-6;1-8(5(6)7)3-4-9-2;1-7-5(6)8-3-4-9-2;1-11-3-2-6-4(5)7-8(9)10;1-8-3-2-7-4(5)6/h4-5H2,1-3H3,(H,9,10);4-5H2,1-3H3,(H2,7,8);2-3H2,1H3,(H3,7,8,9);3-4H2,1-2H3,(H3,6,7);3-4H2,1-2H3,(H3,6,7,8);2-3H2,1H3,(H3,5,6,7);2-3H2,1H3,(H4,5,6,7). The average Bonchev–Trinajstić information content (AvgIpc) is 3.29. The van der Waals surface area contributed by atoms with Crippen LogP contribution in [0.5, 0.6) is 0 Å². The number of nitrogens with zero attached hydrogens (tertiary/aromatic N) is 12. The Morgan fingerprint density at radius 3 is 1.35 bits per heavy atom. The highest BCUT2D eigenvalue weighted by molar-refractivity contribution is 5.81. The molecule has 0 fully saturated rings. The molecule has 19 N–H and O–H groups in total. The molecule has 0 rings (SSSR count). The van der Waals surface area contributed by atoms with Gasteiger partial charge in [0.2, 0.25) is 11.9 Å². The fourth-order valence-electron chi connectivity index (χ4n) is 2.71. The number of methoxy groups -OCH3 is 7. The van der Waals surface area contributed by atoms with E-state index in [2.05, 4.69) is 60.8 Å². The van der Waals surface area contributed by atoms with Crippen LogP contribution < -0.4 is 61.4 Å². The van der Waals surface area contributed by atoms with Crippen LogP contribution in [0, 0.1) is 38.4 Å². The summed E-state index contributed by atoms with van der Waals surface area (Å²) < 4.78 is 33.2. The SMILES string of the molecule is CN=C(N)NCCOC.COCCN(C)C(=N)N.COCCN/C(N)=N/[N+](=O)[O-].COCCN=C(N)N.COCCN=C(N)N(C)C.COCCN=C(N)NC#N.COCCN=C(NC#N)N(C)C. The number of hydrogen-bond acceptors (Lipinski definition) is 17. The molecular weight excluding hydrogens is 913 g/mol. The molecule has 0 atom stereocenters. The van der Waals surface area contributed by atoms with E-state index < -0.39 is 5.03 Å². The number of rotatable bonds is 22. The summed E-state index contributed by atoms with van der Waals surface area (Å²) in [4.78, 5) is 34.0. The minimum Gasteiger partial charge on any atom is -0.383 e. The van der Waals surface area contributed by atoms with Gasteiger partial charge in [-0.15, -0.1) is 0 Å². The molecule has 0 radical (unpaired) electrons. The van der Waals surface area contributed by atoms with Gasteiger partial charge in [-0.05, 0) is 0 Å². The predicted octanol–water partition coefficient (Wildman–Crippen LogP) is -5.59. The summed E-state index contributed by atoms with van der Waals surface area (Å²) in [5.74, 6) is 1.64. The first kappa shape index (κ1) is 76.3. The van der Waals surface area contributed by atoms with Gasteiger partial charge in [0.1, 0.15) is 5.10 Å². The van der Waals surface area contributed by atoms with Gasteiger partial charge in [0.25, 0.3) is 5.96 Å². The molecule has 0 saturated carbocycles.